The Morgan fingerprint density at radius 2 is 1.39 bits per heavy atom. The van der Waals surface area contributed by atoms with Gasteiger partial charge in [-0.05, 0) is 12.8 Å². The quantitative estimate of drug-likeness (QED) is 0.606. The average Bonchev–Trinajstić information content (AvgIpc) is 2.42. The van der Waals surface area contributed by atoms with E-state index in [-0.39, 0.29) is 0 Å². The van der Waals surface area contributed by atoms with Crippen LogP contribution in [0.5, 0.6) is 0 Å². The van der Waals surface area contributed by atoms with Gasteiger partial charge in [0.2, 0.25) is 11.9 Å². The minimum atomic E-state index is 0.927. The van der Waals surface area contributed by atoms with E-state index in [0.717, 1.165) is 57.0 Å². The molecular formula is C12H18N6. The first-order valence-corrected chi connectivity index (χ1v) is 6.77. The lowest BCUT2D eigenvalue weighted by atomic mass is 10.1. The number of fused-ring (bicyclic) bond motifs is 2. The zero-order valence-corrected chi connectivity index (χ0v) is 10.4. The van der Waals surface area contributed by atoms with Crippen LogP contribution in [0.4, 0.5) is 0 Å². The van der Waals surface area contributed by atoms with Crippen molar-refractivity contribution in [2.24, 2.45) is 9.98 Å². The largest absolute Gasteiger partial charge is 0.356 e. The predicted octanol–water partition coefficient (Wildman–Crippen LogP) is -0.472. The molecular weight excluding hydrogens is 228 g/mol. The third-order valence-corrected chi connectivity index (χ3v) is 3.88. The van der Waals surface area contributed by atoms with E-state index < -0.39 is 0 Å². The molecule has 2 saturated heterocycles. The van der Waals surface area contributed by atoms with Crippen LogP contribution in [0.3, 0.4) is 0 Å². The number of nitrogens with zero attached hydrogens (tertiary/aromatic N) is 4. The Labute approximate surface area is 106 Å². The standard InChI is InChI=1S/C12H18N6/c1-3-13-11-15-10-9(7-17(11)5-1)8-18-6-2-4-14-12(18)16-10/h1-8H2,(H,13,15)(H,14,16). The highest BCUT2D eigenvalue weighted by atomic mass is 15.4. The molecule has 0 radical (unpaired) electrons. The van der Waals surface area contributed by atoms with E-state index in [1.165, 1.54) is 18.4 Å². The van der Waals surface area contributed by atoms with Crippen LogP contribution in [-0.4, -0.2) is 61.0 Å². The first kappa shape index (κ1) is 10.2. The van der Waals surface area contributed by atoms with Gasteiger partial charge in [-0.25, -0.2) is 0 Å². The Morgan fingerprint density at radius 3 is 1.94 bits per heavy atom. The minimum absolute atomic E-state index is 0.927. The number of nitrogens with one attached hydrogen (secondary N) is 2. The SMILES string of the molecule is C1CNC2=NC3=C(CN2C1)CN1CCCNC1=N3. The number of aliphatic imine (C=N–C) groups is 2. The highest BCUT2D eigenvalue weighted by Gasteiger charge is 2.30. The fraction of sp³-hybridized carbons (Fsp3) is 0.667. The summed E-state index contributed by atoms with van der Waals surface area (Å²) in [7, 11) is 0. The number of rotatable bonds is 0. The van der Waals surface area contributed by atoms with Crippen LogP contribution < -0.4 is 10.6 Å². The summed E-state index contributed by atoms with van der Waals surface area (Å²) in [5.74, 6) is 2.94. The van der Waals surface area contributed by atoms with Gasteiger partial charge in [-0.15, -0.1) is 0 Å². The van der Waals surface area contributed by atoms with Crippen molar-refractivity contribution in [3.05, 3.63) is 11.4 Å². The predicted molar refractivity (Wildman–Crippen MR) is 70.3 cm³/mol. The molecule has 0 saturated carbocycles. The summed E-state index contributed by atoms with van der Waals surface area (Å²) in [6, 6.07) is 0. The summed E-state index contributed by atoms with van der Waals surface area (Å²) >= 11 is 0. The fourth-order valence-corrected chi connectivity index (χ4v) is 2.94. The van der Waals surface area contributed by atoms with Crippen LogP contribution in [0.15, 0.2) is 21.4 Å². The monoisotopic (exact) mass is 246 g/mol. The molecule has 18 heavy (non-hydrogen) atoms. The molecule has 2 fully saturated rings. The van der Waals surface area contributed by atoms with Gasteiger partial charge >= 0.3 is 0 Å². The Hall–Kier alpha value is -1.72. The Morgan fingerprint density at radius 1 is 0.833 bits per heavy atom. The molecule has 2 N–H and O–H groups in total. The molecule has 4 aliphatic heterocycles. The van der Waals surface area contributed by atoms with E-state index in [2.05, 4.69) is 30.4 Å². The third-order valence-electron chi connectivity index (χ3n) is 3.88. The summed E-state index contributed by atoms with van der Waals surface area (Å²) in [6.45, 7) is 6.23. The second-order valence-corrected chi connectivity index (χ2v) is 5.20. The first-order chi connectivity index (χ1) is 8.90. The van der Waals surface area contributed by atoms with Gasteiger partial charge in [0.1, 0.15) is 0 Å². The van der Waals surface area contributed by atoms with E-state index >= 15 is 0 Å². The lowest BCUT2D eigenvalue weighted by molar-refractivity contribution is 0.340. The van der Waals surface area contributed by atoms with Crippen LogP contribution >= 0.6 is 0 Å². The molecule has 0 aromatic rings. The highest BCUT2D eigenvalue weighted by Crippen LogP contribution is 2.23. The molecule has 0 unspecified atom stereocenters. The van der Waals surface area contributed by atoms with Crippen molar-refractivity contribution in [2.45, 2.75) is 12.8 Å². The second kappa shape index (κ2) is 3.90. The highest BCUT2D eigenvalue weighted by molar-refractivity contribution is 5.86. The molecule has 0 aliphatic carbocycles. The summed E-state index contributed by atoms with van der Waals surface area (Å²) in [5, 5.41) is 6.73. The van der Waals surface area contributed by atoms with Gasteiger partial charge in [-0.2, -0.15) is 9.98 Å². The summed E-state index contributed by atoms with van der Waals surface area (Å²) in [5.41, 5.74) is 1.36. The van der Waals surface area contributed by atoms with Crippen molar-refractivity contribution in [1.82, 2.24) is 20.4 Å². The Kier molecular flexibility index (Phi) is 2.21. The maximum absolute atomic E-state index is 4.67. The van der Waals surface area contributed by atoms with Gasteiger partial charge in [0.05, 0.1) is 0 Å². The van der Waals surface area contributed by atoms with Crippen LogP contribution in [0, 0.1) is 0 Å². The van der Waals surface area contributed by atoms with Crippen molar-refractivity contribution in [1.29, 1.82) is 0 Å². The Bertz CT molecular complexity index is 423. The van der Waals surface area contributed by atoms with Gasteiger partial charge < -0.3 is 20.4 Å². The second-order valence-electron chi connectivity index (χ2n) is 5.20. The van der Waals surface area contributed by atoms with E-state index in [0.29, 0.717) is 0 Å². The first-order valence-electron chi connectivity index (χ1n) is 6.77. The zero-order valence-electron chi connectivity index (χ0n) is 10.4. The van der Waals surface area contributed by atoms with Gasteiger partial charge in [-0.1, -0.05) is 0 Å². The van der Waals surface area contributed by atoms with Crippen molar-refractivity contribution in [3.63, 3.8) is 0 Å². The van der Waals surface area contributed by atoms with Crippen LogP contribution in [0.2, 0.25) is 0 Å². The molecule has 4 heterocycles. The molecule has 0 amide bonds. The van der Waals surface area contributed by atoms with Gasteiger partial charge in [0, 0.05) is 44.8 Å². The topological polar surface area (TPSA) is 55.3 Å². The van der Waals surface area contributed by atoms with E-state index in [9.17, 15) is 0 Å². The summed E-state index contributed by atoms with van der Waals surface area (Å²) < 4.78 is 0. The average molecular weight is 246 g/mol. The Balaban J connectivity index is 1.66. The normalized spacial score (nSPS) is 26.2. The minimum Gasteiger partial charge on any atom is -0.356 e. The van der Waals surface area contributed by atoms with Gasteiger partial charge in [-0.3, -0.25) is 0 Å². The molecule has 4 aliphatic rings. The van der Waals surface area contributed by atoms with Gasteiger partial charge in [0.25, 0.3) is 0 Å². The van der Waals surface area contributed by atoms with Gasteiger partial charge in [0.15, 0.2) is 5.82 Å². The lowest BCUT2D eigenvalue weighted by Crippen LogP contribution is -2.54. The number of guanidine groups is 2. The maximum atomic E-state index is 4.67. The third kappa shape index (κ3) is 1.55. The van der Waals surface area contributed by atoms with Crippen LogP contribution in [-0.2, 0) is 0 Å². The molecule has 96 valence electrons. The molecule has 0 aromatic carbocycles. The summed E-state index contributed by atoms with van der Waals surface area (Å²) in [4.78, 5) is 14.0. The van der Waals surface area contributed by atoms with E-state index in [1.54, 1.807) is 0 Å². The van der Waals surface area contributed by atoms with E-state index in [1.807, 2.05) is 0 Å². The number of hydrogen-bond donors (Lipinski definition) is 2. The molecule has 4 rings (SSSR count). The van der Waals surface area contributed by atoms with E-state index in [4.69, 9.17) is 0 Å². The molecule has 0 spiro atoms. The van der Waals surface area contributed by atoms with Crippen LogP contribution in [0.25, 0.3) is 0 Å². The molecule has 6 nitrogen and oxygen atoms in total. The molecule has 6 heteroatoms. The van der Waals surface area contributed by atoms with Crippen molar-refractivity contribution in [3.8, 4) is 0 Å². The lowest BCUT2D eigenvalue weighted by Gasteiger charge is -2.40. The van der Waals surface area contributed by atoms with Crippen molar-refractivity contribution >= 4 is 11.9 Å². The van der Waals surface area contributed by atoms with Crippen molar-refractivity contribution in [2.75, 3.05) is 39.3 Å². The number of hydrogen-bond acceptors (Lipinski definition) is 6. The fourth-order valence-electron chi connectivity index (χ4n) is 2.94. The molecule has 0 atom stereocenters. The molecule has 0 aromatic heterocycles. The smallest absolute Gasteiger partial charge is 0.200 e. The summed E-state index contributed by atoms with van der Waals surface area (Å²) in [6.07, 6.45) is 2.39. The molecule has 0 bridgehead atoms. The zero-order chi connectivity index (χ0) is 11.9. The maximum Gasteiger partial charge on any atom is 0.200 e. The van der Waals surface area contributed by atoms with Crippen molar-refractivity contribution < 1.29 is 0 Å². The van der Waals surface area contributed by atoms with Crippen LogP contribution in [0.1, 0.15) is 12.8 Å².